The molecule has 0 saturated carbocycles. The molecule has 6 nitrogen and oxygen atoms in total. The normalized spacial score (nSPS) is 20.6. The molecule has 0 amide bonds. The molecule has 2 aliphatic rings. The number of hydroxylamine groups is 2. The summed E-state index contributed by atoms with van der Waals surface area (Å²) in [6.07, 6.45) is 5.35. The first kappa shape index (κ1) is 12.6. The van der Waals surface area contributed by atoms with Crippen LogP contribution in [0.5, 0.6) is 0 Å². The van der Waals surface area contributed by atoms with Crippen molar-refractivity contribution in [1.82, 2.24) is 15.3 Å². The number of rotatable bonds is 2. The molecule has 3 heterocycles. The summed E-state index contributed by atoms with van der Waals surface area (Å²) < 4.78 is 5.37. The molecule has 104 valence electrons. The van der Waals surface area contributed by atoms with Crippen LogP contribution in [0.15, 0.2) is 0 Å². The molecule has 3 rings (SSSR count). The molecule has 2 aliphatic heterocycles. The summed E-state index contributed by atoms with van der Waals surface area (Å²) in [6.45, 7) is 2.75. The fourth-order valence-electron chi connectivity index (χ4n) is 2.57. The molecule has 1 saturated heterocycles. The number of aromatic nitrogens is 2. The van der Waals surface area contributed by atoms with E-state index in [1.54, 1.807) is 5.06 Å². The van der Waals surface area contributed by atoms with Gasteiger partial charge < -0.3 is 9.57 Å². The number of hydrogen-bond acceptors (Lipinski definition) is 5. The predicted molar refractivity (Wildman–Crippen MR) is 67.4 cm³/mol. The number of fused-ring (bicyclic) bond motifs is 1. The minimum Gasteiger partial charge on any atom is -0.376 e. The van der Waals surface area contributed by atoms with Crippen LogP contribution in [0.1, 0.15) is 47.4 Å². The number of ether oxygens (including phenoxy) is 1. The molecule has 0 spiro atoms. The number of carbonyl (C=O) groups is 1. The summed E-state index contributed by atoms with van der Waals surface area (Å²) in [4.78, 5) is 17.6. The average molecular weight is 265 g/mol. The third-order valence-electron chi connectivity index (χ3n) is 3.67. The highest BCUT2D eigenvalue weighted by Crippen LogP contribution is 2.19. The Balaban J connectivity index is 1.68. The number of H-pyrrole nitrogens is 1. The molecule has 6 heteroatoms. The number of aromatic amines is 1. The minimum absolute atomic E-state index is 0.370. The summed E-state index contributed by atoms with van der Waals surface area (Å²) in [5.41, 5.74) is 2.22. The second-order valence-electron chi connectivity index (χ2n) is 5.05. The van der Waals surface area contributed by atoms with Gasteiger partial charge in [-0.1, -0.05) is 12.8 Å². The van der Waals surface area contributed by atoms with E-state index >= 15 is 0 Å². The Hall–Kier alpha value is -1.40. The average Bonchev–Trinajstić information content (AvgIpc) is 2.70. The van der Waals surface area contributed by atoms with E-state index in [0.717, 1.165) is 43.6 Å². The molecule has 1 N–H and O–H groups in total. The van der Waals surface area contributed by atoms with Gasteiger partial charge in [-0.2, -0.15) is 5.10 Å². The maximum absolute atomic E-state index is 12.2. The van der Waals surface area contributed by atoms with E-state index < -0.39 is 0 Å². The zero-order valence-corrected chi connectivity index (χ0v) is 11.0. The maximum atomic E-state index is 12.2. The molecule has 0 radical (unpaired) electrons. The van der Waals surface area contributed by atoms with Crippen LogP contribution in [0, 0.1) is 0 Å². The molecular weight excluding hydrogens is 246 g/mol. The van der Waals surface area contributed by atoms with Crippen LogP contribution in [-0.4, -0.2) is 40.9 Å². The van der Waals surface area contributed by atoms with Gasteiger partial charge in [0.15, 0.2) is 5.69 Å². The van der Waals surface area contributed by atoms with E-state index in [4.69, 9.17) is 9.57 Å². The van der Waals surface area contributed by atoms with Gasteiger partial charge in [0.2, 0.25) is 0 Å². The van der Waals surface area contributed by atoms with Crippen LogP contribution < -0.4 is 0 Å². The fraction of sp³-hybridized carbons (Fsp3) is 0.692. The smallest absolute Gasteiger partial charge is 0.376 e. The second-order valence-corrected chi connectivity index (χ2v) is 5.05. The highest BCUT2D eigenvalue weighted by molar-refractivity contribution is 5.89. The monoisotopic (exact) mass is 265 g/mol. The van der Waals surface area contributed by atoms with E-state index in [2.05, 4.69) is 10.2 Å². The molecule has 1 fully saturated rings. The van der Waals surface area contributed by atoms with Gasteiger partial charge >= 0.3 is 5.97 Å². The summed E-state index contributed by atoms with van der Waals surface area (Å²) in [6, 6.07) is 0. The lowest BCUT2D eigenvalue weighted by Gasteiger charge is -2.18. The van der Waals surface area contributed by atoms with Gasteiger partial charge in [-0.25, -0.2) is 4.79 Å². The van der Waals surface area contributed by atoms with E-state index in [9.17, 15) is 4.79 Å². The molecule has 0 unspecified atom stereocenters. The van der Waals surface area contributed by atoms with Crippen molar-refractivity contribution in [3.63, 3.8) is 0 Å². The Morgan fingerprint density at radius 2 is 2.05 bits per heavy atom. The van der Waals surface area contributed by atoms with Crippen molar-refractivity contribution in [3.05, 3.63) is 17.0 Å². The van der Waals surface area contributed by atoms with Gasteiger partial charge in [-0.05, 0) is 12.8 Å². The molecule has 0 aliphatic carbocycles. The van der Waals surface area contributed by atoms with Crippen molar-refractivity contribution in [2.24, 2.45) is 0 Å². The van der Waals surface area contributed by atoms with Crippen molar-refractivity contribution < 1.29 is 14.4 Å². The lowest BCUT2D eigenvalue weighted by molar-refractivity contribution is -0.108. The minimum atomic E-state index is -0.370. The van der Waals surface area contributed by atoms with Crippen molar-refractivity contribution in [1.29, 1.82) is 0 Å². The number of nitrogens with zero attached hydrogens (tertiary/aromatic N) is 2. The molecule has 19 heavy (non-hydrogen) atoms. The standard InChI is InChI=1S/C13H19N3O3/c17-13(19-16-6-3-1-2-4-7-16)12-10-9-18-8-5-11(10)14-15-12/h1-9H2,(H,14,15). The van der Waals surface area contributed by atoms with Crippen LogP contribution in [-0.2, 0) is 22.6 Å². The molecule has 0 bridgehead atoms. The van der Waals surface area contributed by atoms with Crippen LogP contribution >= 0.6 is 0 Å². The Kier molecular flexibility index (Phi) is 3.79. The van der Waals surface area contributed by atoms with Gasteiger partial charge in [-0.15, -0.1) is 5.06 Å². The summed E-state index contributed by atoms with van der Waals surface area (Å²) in [5, 5.41) is 8.75. The van der Waals surface area contributed by atoms with E-state index in [-0.39, 0.29) is 5.97 Å². The Morgan fingerprint density at radius 3 is 2.84 bits per heavy atom. The van der Waals surface area contributed by atoms with Crippen molar-refractivity contribution in [3.8, 4) is 0 Å². The molecular formula is C13H19N3O3. The third-order valence-corrected chi connectivity index (χ3v) is 3.67. The van der Waals surface area contributed by atoms with E-state index in [0.29, 0.717) is 18.9 Å². The Morgan fingerprint density at radius 1 is 1.26 bits per heavy atom. The Labute approximate surface area is 112 Å². The molecule has 0 aromatic carbocycles. The molecule has 1 aromatic heterocycles. The van der Waals surface area contributed by atoms with Crippen LogP contribution in [0.25, 0.3) is 0 Å². The zero-order valence-electron chi connectivity index (χ0n) is 11.0. The largest absolute Gasteiger partial charge is 0.378 e. The van der Waals surface area contributed by atoms with Gasteiger partial charge in [-0.3, -0.25) is 5.10 Å². The summed E-state index contributed by atoms with van der Waals surface area (Å²) >= 11 is 0. The Bertz CT molecular complexity index is 450. The van der Waals surface area contributed by atoms with Crippen LogP contribution in [0.2, 0.25) is 0 Å². The SMILES string of the molecule is O=C(ON1CCCCCC1)c1n[nH]c2c1COCC2. The van der Waals surface area contributed by atoms with Crippen molar-refractivity contribution in [2.75, 3.05) is 19.7 Å². The highest BCUT2D eigenvalue weighted by atomic mass is 16.7. The number of carbonyl (C=O) groups excluding carboxylic acids is 1. The van der Waals surface area contributed by atoms with E-state index in [1.807, 2.05) is 0 Å². The fourth-order valence-corrected chi connectivity index (χ4v) is 2.57. The lowest BCUT2D eigenvalue weighted by atomic mass is 10.1. The summed E-state index contributed by atoms with van der Waals surface area (Å²) in [5.74, 6) is -0.370. The predicted octanol–water partition coefficient (Wildman–Crippen LogP) is 1.43. The lowest BCUT2D eigenvalue weighted by Crippen LogP contribution is -2.29. The van der Waals surface area contributed by atoms with Gasteiger partial charge in [0.05, 0.1) is 13.2 Å². The molecule has 0 atom stereocenters. The number of nitrogens with one attached hydrogen (secondary N) is 1. The first-order chi connectivity index (χ1) is 9.34. The second kappa shape index (κ2) is 5.71. The quantitative estimate of drug-likeness (QED) is 0.876. The van der Waals surface area contributed by atoms with Gasteiger partial charge in [0.1, 0.15) is 0 Å². The number of hydrogen-bond donors (Lipinski definition) is 1. The first-order valence-corrected chi connectivity index (χ1v) is 6.95. The van der Waals surface area contributed by atoms with Crippen molar-refractivity contribution in [2.45, 2.75) is 38.7 Å². The van der Waals surface area contributed by atoms with E-state index in [1.165, 1.54) is 12.8 Å². The highest BCUT2D eigenvalue weighted by Gasteiger charge is 2.25. The third kappa shape index (κ3) is 2.79. The maximum Gasteiger partial charge on any atom is 0.378 e. The summed E-state index contributed by atoms with van der Waals surface area (Å²) in [7, 11) is 0. The van der Waals surface area contributed by atoms with Crippen LogP contribution in [0.4, 0.5) is 0 Å². The van der Waals surface area contributed by atoms with Gasteiger partial charge in [0.25, 0.3) is 0 Å². The van der Waals surface area contributed by atoms with Crippen LogP contribution in [0.3, 0.4) is 0 Å². The topological polar surface area (TPSA) is 67.5 Å². The molecule has 1 aromatic rings. The van der Waals surface area contributed by atoms with Gasteiger partial charge in [0, 0.05) is 30.8 Å². The zero-order chi connectivity index (χ0) is 13.1. The first-order valence-electron chi connectivity index (χ1n) is 6.95. The van der Waals surface area contributed by atoms with Crippen molar-refractivity contribution >= 4 is 5.97 Å².